The van der Waals surface area contributed by atoms with Gasteiger partial charge in [0.2, 0.25) is 11.8 Å². The largest absolute Gasteiger partial charge is 0.461 e. The zero-order valence-electron chi connectivity index (χ0n) is 25.1. The van der Waals surface area contributed by atoms with Crippen LogP contribution in [0.3, 0.4) is 0 Å². The van der Waals surface area contributed by atoms with Crippen molar-refractivity contribution in [3.05, 3.63) is 70.4 Å². The number of nitrogens with zero attached hydrogens (tertiary/aromatic N) is 1. The quantitative estimate of drug-likeness (QED) is 0.204. The predicted octanol–water partition coefficient (Wildman–Crippen LogP) is 3.81. The number of carbonyl (C=O) groups is 3. The number of aromatic nitrogens is 1. The summed E-state index contributed by atoms with van der Waals surface area (Å²) < 4.78 is 10.8. The second-order valence-electron chi connectivity index (χ2n) is 11.1. The Bertz CT molecular complexity index is 1370. The molecule has 3 aromatic rings. The van der Waals surface area contributed by atoms with E-state index in [0.717, 1.165) is 18.7 Å². The number of H-pyrrole nitrogens is 1. The molecule has 2 aromatic carbocycles. The molecule has 1 saturated heterocycles. The molecule has 0 radical (unpaired) electrons. The number of halogens is 1. The van der Waals surface area contributed by atoms with Crippen LogP contribution in [0.15, 0.2) is 48.5 Å². The number of carbonyl (C=O) groups excluding carboxylic acids is 3. The van der Waals surface area contributed by atoms with Crippen LogP contribution in [0.5, 0.6) is 0 Å². The normalized spacial score (nSPS) is 15.3. The van der Waals surface area contributed by atoms with Crippen LogP contribution in [0.2, 0.25) is 5.02 Å². The van der Waals surface area contributed by atoms with Crippen molar-refractivity contribution in [3.8, 4) is 0 Å². The minimum Gasteiger partial charge on any atom is -0.461 e. The molecule has 4 N–H and O–H groups in total. The van der Waals surface area contributed by atoms with Gasteiger partial charge < -0.3 is 25.1 Å². The van der Waals surface area contributed by atoms with Crippen LogP contribution in [0.1, 0.15) is 54.8 Å². The van der Waals surface area contributed by atoms with Gasteiger partial charge in [0.1, 0.15) is 11.7 Å². The molecular weight excluding hydrogens is 570 g/mol. The molecule has 2 amide bonds. The second kappa shape index (κ2) is 15.9. The number of esters is 1. The highest BCUT2D eigenvalue weighted by molar-refractivity contribution is 6.31. The molecule has 1 unspecified atom stereocenters. The Labute approximate surface area is 257 Å². The zero-order valence-corrected chi connectivity index (χ0v) is 25.8. The predicted molar refractivity (Wildman–Crippen MR) is 167 cm³/mol. The molecule has 1 aliphatic heterocycles. The molecule has 43 heavy (non-hydrogen) atoms. The summed E-state index contributed by atoms with van der Waals surface area (Å²) in [6.07, 6.45) is 0.481. The zero-order chi connectivity index (χ0) is 30.8. The third kappa shape index (κ3) is 9.03. The summed E-state index contributed by atoms with van der Waals surface area (Å²) in [4.78, 5) is 46.1. The molecule has 11 heteroatoms. The van der Waals surface area contributed by atoms with Gasteiger partial charge in [0.05, 0.1) is 25.9 Å². The Kier molecular flexibility index (Phi) is 12.0. The SMILES string of the molecule is CCOC(=O)c1[nH]c2cc(Cl)ccc2c1C(N[C@H](CC(C)C)C(=O)NCCN1CCOCC1)C(=O)NCc1ccccc1. The summed E-state index contributed by atoms with van der Waals surface area (Å²) >= 11 is 6.27. The van der Waals surface area contributed by atoms with Crippen LogP contribution in [0.25, 0.3) is 10.9 Å². The van der Waals surface area contributed by atoms with Crippen molar-refractivity contribution in [2.75, 3.05) is 46.0 Å². The number of benzene rings is 2. The second-order valence-corrected chi connectivity index (χ2v) is 11.5. The maximum Gasteiger partial charge on any atom is 0.355 e. The van der Waals surface area contributed by atoms with Crippen LogP contribution in [0, 0.1) is 5.92 Å². The highest BCUT2D eigenvalue weighted by Crippen LogP contribution is 2.32. The molecular formula is C32H42ClN5O5. The highest BCUT2D eigenvalue weighted by atomic mass is 35.5. The van der Waals surface area contributed by atoms with E-state index in [1.165, 1.54) is 0 Å². The lowest BCUT2D eigenvalue weighted by Gasteiger charge is -2.28. The van der Waals surface area contributed by atoms with Gasteiger partial charge in [0.15, 0.2) is 0 Å². The highest BCUT2D eigenvalue weighted by Gasteiger charge is 2.34. The van der Waals surface area contributed by atoms with Gasteiger partial charge in [0.25, 0.3) is 0 Å². The number of amides is 2. The Morgan fingerprint density at radius 3 is 2.49 bits per heavy atom. The average Bonchev–Trinajstić information content (AvgIpc) is 3.37. The van der Waals surface area contributed by atoms with E-state index in [1.54, 1.807) is 25.1 Å². The number of aromatic amines is 1. The minimum atomic E-state index is -1.05. The molecule has 0 bridgehead atoms. The first-order valence-electron chi connectivity index (χ1n) is 14.9. The van der Waals surface area contributed by atoms with E-state index in [-0.39, 0.29) is 36.6 Å². The van der Waals surface area contributed by atoms with E-state index in [9.17, 15) is 14.4 Å². The minimum absolute atomic E-state index is 0.141. The molecule has 1 aromatic heterocycles. The maximum atomic E-state index is 14.0. The van der Waals surface area contributed by atoms with Crippen molar-refractivity contribution in [1.82, 2.24) is 25.8 Å². The monoisotopic (exact) mass is 611 g/mol. The van der Waals surface area contributed by atoms with E-state index in [1.807, 2.05) is 44.2 Å². The van der Waals surface area contributed by atoms with Crippen LogP contribution in [-0.2, 0) is 25.6 Å². The van der Waals surface area contributed by atoms with Crippen molar-refractivity contribution in [2.45, 2.75) is 45.8 Å². The van der Waals surface area contributed by atoms with Gasteiger partial charge in [-0.3, -0.25) is 19.8 Å². The van der Waals surface area contributed by atoms with Gasteiger partial charge in [-0.15, -0.1) is 0 Å². The van der Waals surface area contributed by atoms with E-state index >= 15 is 0 Å². The fraction of sp³-hybridized carbons (Fsp3) is 0.469. The fourth-order valence-corrected chi connectivity index (χ4v) is 5.41. The summed E-state index contributed by atoms with van der Waals surface area (Å²) in [7, 11) is 0. The topological polar surface area (TPSA) is 125 Å². The summed E-state index contributed by atoms with van der Waals surface area (Å²) in [5.74, 6) is -1.02. The van der Waals surface area contributed by atoms with Crippen molar-refractivity contribution in [3.63, 3.8) is 0 Å². The van der Waals surface area contributed by atoms with Crippen LogP contribution >= 0.6 is 11.6 Å². The molecule has 2 atom stereocenters. The van der Waals surface area contributed by atoms with Gasteiger partial charge in [-0.25, -0.2) is 4.79 Å². The molecule has 1 aliphatic rings. The average molecular weight is 612 g/mol. The Morgan fingerprint density at radius 1 is 1.05 bits per heavy atom. The van der Waals surface area contributed by atoms with Crippen LogP contribution in [-0.4, -0.2) is 79.7 Å². The van der Waals surface area contributed by atoms with Crippen molar-refractivity contribution in [2.24, 2.45) is 5.92 Å². The Balaban J connectivity index is 1.66. The van der Waals surface area contributed by atoms with Crippen molar-refractivity contribution < 1.29 is 23.9 Å². The number of ether oxygens (including phenoxy) is 2. The van der Waals surface area contributed by atoms with E-state index < -0.39 is 18.1 Å². The third-order valence-corrected chi connectivity index (χ3v) is 7.60. The number of hydrogen-bond donors (Lipinski definition) is 4. The number of hydrogen-bond acceptors (Lipinski definition) is 7. The molecule has 0 aliphatic carbocycles. The summed E-state index contributed by atoms with van der Waals surface area (Å²) in [5.41, 5.74) is 2.06. The first-order valence-corrected chi connectivity index (χ1v) is 15.3. The molecule has 4 rings (SSSR count). The van der Waals surface area contributed by atoms with Crippen molar-refractivity contribution in [1.29, 1.82) is 0 Å². The van der Waals surface area contributed by atoms with Gasteiger partial charge in [-0.1, -0.05) is 61.8 Å². The number of rotatable bonds is 14. The molecule has 1 fully saturated rings. The lowest BCUT2D eigenvalue weighted by atomic mass is 9.97. The molecule has 232 valence electrons. The number of morpholine rings is 1. The first kappa shape index (κ1) is 32.5. The Morgan fingerprint density at radius 2 is 1.79 bits per heavy atom. The van der Waals surface area contributed by atoms with Gasteiger partial charge in [-0.2, -0.15) is 0 Å². The third-order valence-electron chi connectivity index (χ3n) is 7.36. The van der Waals surface area contributed by atoms with E-state index in [2.05, 4.69) is 25.8 Å². The molecule has 10 nitrogen and oxygen atoms in total. The maximum absolute atomic E-state index is 14.0. The summed E-state index contributed by atoms with van der Waals surface area (Å²) in [6.45, 7) is 10.4. The van der Waals surface area contributed by atoms with Crippen LogP contribution in [0.4, 0.5) is 0 Å². The Hall–Kier alpha value is -3.44. The fourth-order valence-electron chi connectivity index (χ4n) is 5.24. The smallest absolute Gasteiger partial charge is 0.355 e. The standard InChI is InChI=1S/C32H42ClN5O5/c1-4-43-32(41)29-27(24-11-10-23(33)19-25(24)36-29)28(31(40)35-20-22-8-6-5-7-9-22)37-26(18-21(2)3)30(39)34-12-13-38-14-16-42-17-15-38/h5-11,19,21,26,28,36-37H,4,12-18,20H2,1-3H3,(H,34,39)(H,35,40)/t26-,28?/m1/s1. The first-order chi connectivity index (χ1) is 20.8. The lowest BCUT2D eigenvalue weighted by Crippen LogP contribution is -2.51. The van der Waals surface area contributed by atoms with E-state index in [4.69, 9.17) is 21.1 Å². The van der Waals surface area contributed by atoms with Gasteiger partial charge in [-0.05, 0) is 37.0 Å². The number of fused-ring (bicyclic) bond motifs is 1. The van der Waals surface area contributed by atoms with Gasteiger partial charge in [0, 0.05) is 54.2 Å². The van der Waals surface area contributed by atoms with Crippen LogP contribution < -0.4 is 16.0 Å². The molecule has 0 spiro atoms. The van der Waals surface area contributed by atoms with E-state index in [0.29, 0.717) is 54.2 Å². The van der Waals surface area contributed by atoms with Gasteiger partial charge >= 0.3 is 5.97 Å². The summed E-state index contributed by atoms with van der Waals surface area (Å²) in [6, 6.07) is 13.0. The lowest BCUT2D eigenvalue weighted by molar-refractivity contribution is -0.126. The molecule has 2 heterocycles. The number of nitrogens with one attached hydrogen (secondary N) is 4. The molecule has 0 saturated carbocycles. The van der Waals surface area contributed by atoms with Crippen molar-refractivity contribution >= 4 is 40.3 Å². The summed E-state index contributed by atoms with van der Waals surface area (Å²) in [5, 5.41) is 10.5.